The Hall–Kier alpha value is -2.47. The van der Waals surface area contributed by atoms with Crippen molar-refractivity contribution in [2.75, 3.05) is 44.5 Å². The minimum Gasteiger partial charge on any atom is -0.484 e. The van der Waals surface area contributed by atoms with Crippen LogP contribution >= 0.6 is 0 Å². The summed E-state index contributed by atoms with van der Waals surface area (Å²) in [5.41, 5.74) is 0.908. The molecule has 9 nitrogen and oxygen atoms in total. The number of amides is 1. The largest absolute Gasteiger partial charge is 0.484 e. The highest BCUT2D eigenvalue weighted by Gasteiger charge is 2.28. The van der Waals surface area contributed by atoms with Crippen LogP contribution in [0.15, 0.2) is 52.3 Å². The Kier molecular flexibility index (Phi) is 6.99. The molecule has 0 aromatic heterocycles. The summed E-state index contributed by atoms with van der Waals surface area (Å²) in [6, 6.07) is 10.4. The number of ether oxygens (including phenoxy) is 2. The van der Waals surface area contributed by atoms with Gasteiger partial charge in [-0.25, -0.2) is 16.8 Å². The molecule has 0 bridgehead atoms. The molecule has 0 atom stereocenters. The van der Waals surface area contributed by atoms with Gasteiger partial charge in [-0.1, -0.05) is 6.07 Å². The molecular weight excluding hydrogens is 444 g/mol. The van der Waals surface area contributed by atoms with E-state index in [9.17, 15) is 21.6 Å². The van der Waals surface area contributed by atoms with E-state index in [0.29, 0.717) is 30.2 Å². The lowest BCUT2D eigenvalue weighted by Gasteiger charge is -2.26. The normalized spacial score (nSPS) is 15.4. The predicted octanol–water partition coefficient (Wildman–Crippen LogP) is 1.44. The highest BCUT2D eigenvalue weighted by Crippen LogP contribution is 2.24. The summed E-state index contributed by atoms with van der Waals surface area (Å²) in [4.78, 5) is 12.5. The van der Waals surface area contributed by atoms with E-state index in [4.69, 9.17) is 9.47 Å². The minimum atomic E-state index is -3.70. The summed E-state index contributed by atoms with van der Waals surface area (Å²) in [5.74, 6) is -0.146. The van der Waals surface area contributed by atoms with Crippen molar-refractivity contribution >= 4 is 31.5 Å². The lowest BCUT2D eigenvalue weighted by molar-refractivity contribution is -0.118. The van der Waals surface area contributed by atoms with Crippen molar-refractivity contribution in [3.63, 3.8) is 0 Å². The number of morpholine rings is 1. The van der Waals surface area contributed by atoms with E-state index >= 15 is 0 Å². The highest BCUT2D eigenvalue weighted by molar-refractivity contribution is 7.90. The molecule has 1 N–H and O–H groups in total. The molecule has 0 unspecified atom stereocenters. The Bertz CT molecular complexity index is 1150. The SMILES string of the molecule is Cc1ccc(NC(=O)COc2ccc(S(C)(=O)=O)cc2)cc1S(=O)(=O)N1CCOCC1. The number of hydrogen-bond acceptors (Lipinski definition) is 7. The number of nitrogens with zero attached hydrogens (tertiary/aromatic N) is 1. The lowest BCUT2D eigenvalue weighted by Crippen LogP contribution is -2.40. The summed E-state index contributed by atoms with van der Waals surface area (Å²) < 4.78 is 60.8. The quantitative estimate of drug-likeness (QED) is 0.653. The molecular formula is C20H24N2O7S2. The van der Waals surface area contributed by atoms with Crippen molar-refractivity contribution in [1.82, 2.24) is 4.31 Å². The monoisotopic (exact) mass is 468 g/mol. The van der Waals surface area contributed by atoms with Crippen LogP contribution in [0, 0.1) is 6.92 Å². The topological polar surface area (TPSA) is 119 Å². The molecule has 168 valence electrons. The zero-order valence-corrected chi connectivity index (χ0v) is 18.8. The highest BCUT2D eigenvalue weighted by atomic mass is 32.2. The minimum absolute atomic E-state index is 0.129. The molecule has 1 aliphatic rings. The number of aryl methyl sites for hydroxylation is 1. The molecule has 1 fully saturated rings. The first-order valence-electron chi connectivity index (χ1n) is 9.49. The van der Waals surface area contributed by atoms with Gasteiger partial charge in [-0.15, -0.1) is 0 Å². The van der Waals surface area contributed by atoms with Crippen LogP contribution in [-0.4, -0.2) is 66.2 Å². The smallest absolute Gasteiger partial charge is 0.262 e. The van der Waals surface area contributed by atoms with Crippen molar-refractivity contribution in [2.45, 2.75) is 16.7 Å². The molecule has 1 heterocycles. The van der Waals surface area contributed by atoms with Gasteiger partial charge in [-0.3, -0.25) is 4.79 Å². The Morgan fingerprint density at radius 3 is 2.32 bits per heavy atom. The van der Waals surface area contributed by atoms with Crippen molar-refractivity contribution in [2.24, 2.45) is 0 Å². The van der Waals surface area contributed by atoms with Gasteiger partial charge >= 0.3 is 0 Å². The standard InChI is InChI=1S/C20H24N2O7S2/c1-15-3-4-16(13-19(15)31(26,27)22-9-11-28-12-10-22)21-20(23)14-29-17-5-7-18(8-6-17)30(2,24)25/h3-8,13H,9-12,14H2,1-2H3,(H,21,23). The van der Waals surface area contributed by atoms with Crippen molar-refractivity contribution in [1.29, 1.82) is 0 Å². The molecule has 0 saturated carbocycles. The van der Waals surface area contributed by atoms with Crippen LogP contribution in [-0.2, 0) is 29.4 Å². The fourth-order valence-electron chi connectivity index (χ4n) is 3.01. The fraction of sp³-hybridized carbons (Fsp3) is 0.350. The summed E-state index contributed by atoms with van der Waals surface area (Å²) in [6.45, 7) is 2.63. The van der Waals surface area contributed by atoms with Gasteiger partial charge in [0.05, 0.1) is 23.0 Å². The average Bonchev–Trinajstić information content (AvgIpc) is 2.74. The van der Waals surface area contributed by atoms with E-state index in [1.165, 1.54) is 34.6 Å². The van der Waals surface area contributed by atoms with Gasteiger partial charge < -0.3 is 14.8 Å². The number of sulfonamides is 1. The van der Waals surface area contributed by atoms with Crippen molar-refractivity contribution < 1.29 is 31.1 Å². The molecule has 0 aliphatic carbocycles. The average molecular weight is 469 g/mol. The van der Waals surface area contributed by atoms with E-state index in [1.807, 2.05) is 0 Å². The van der Waals surface area contributed by atoms with Crippen LogP contribution in [0.2, 0.25) is 0 Å². The van der Waals surface area contributed by atoms with Crippen molar-refractivity contribution in [3.8, 4) is 5.75 Å². The zero-order valence-electron chi connectivity index (χ0n) is 17.2. The van der Waals surface area contributed by atoms with Crippen LogP contribution in [0.3, 0.4) is 0 Å². The van der Waals surface area contributed by atoms with Gasteiger partial charge in [0.1, 0.15) is 5.75 Å². The number of anilines is 1. The first-order valence-corrected chi connectivity index (χ1v) is 12.8. The van der Waals surface area contributed by atoms with Crippen molar-refractivity contribution in [3.05, 3.63) is 48.0 Å². The van der Waals surface area contributed by atoms with Gasteiger partial charge in [0.25, 0.3) is 5.91 Å². The van der Waals surface area contributed by atoms with Crippen LogP contribution in [0.25, 0.3) is 0 Å². The third-order valence-electron chi connectivity index (χ3n) is 4.68. The fourth-order valence-corrected chi connectivity index (χ4v) is 5.30. The molecule has 1 aliphatic heterocycles. The summed E-state index contributed by atoms with van der Waals surface area (Å²) in [5, 5.41) is 2.62. The van der Waals surface area contributed by atoms with Gasteiger partial charge in [0, 0.05) is 25.0 Å². The summed E-state index contributed by atoms with van der Waals surface area (Å²) >= 11 is 0. The molecule has 0 radical (unpaired) electrons. The van der Waals surface area contributed by atoms with Gasteiger partial charge in [0.15, 0.2) is 16.4 Å². The van der Waals surface area contributed by atoms with E-state index in [1.54, 1.807) is 19.1 Å². The molecule has 2 aromatic carbocycles. The number of sulfone groups is 1. The molecule has 1 saturated heterocycles. The Labute approximate surface area is 181 Å². The second kappa shape index (κ2) is 9.35. The Morgan fingerprint density at radius 1 is 1.06 bits per heavy atom. The van der Waals surface area contributed by atoms with Crippen LogP contribution in [0.1, 0.15) is 5.56 Å². The number of rotatable bonds is 7. The molecule has 0 spiro atoms. The Balaban J connectivity index is 1.66. The maximum Gasteiger partial charge on any atom is 0.262 e. The van der Waals surface area contributed by atoms with Crippen LogP contribution < -0.4 is 10.1 Å². The van der Waals surface area contributed by atoms with Gasteiger partial charge in [-0.2, -0.15) is 4.31 Å². The second-order valence-electron chi connectivity index (χ2n) is 7.08. The van der Waals surface area contributed by atoms with E-state index in [0.717, 1.165) is 6.26 Å². The number of benzene rings is 2. The maximum atomic E-state index is 12.9. The summed E-state index contributed by atoms with van der Waals surface area (Å²) in [7, 11) is -7.01. The third kappa shape index (κ3) is 5.82. The van der Waals surface area contributed by atoms with Gasteiger partial charge in [0.2, 0.25) is 10.0 Å². The molecule has 3 rings (SSSR count). The van der Waals surface area contributed by atoms with E-state index in [2.05, 4.69) is 5.32 Å². The summed E-state index contributed by atoms with van der Waals surface area (Å²) in [6.07, 6.45) is 1.10. The van der Waals surface area contributed by atoms with Gasteiger partial charge in [-0.05, 0) is 48.9 Å². The maximum absolute atomic E-state index is 12.9. The first kappa shape index (κ1) is 23.2. The molecule has 11 heteroatoms. The second-order valence-corrected chi connectivity index (χ2v) is 11.0. The van der Waals surface area contributed by atoms with E-state index in [-0.39, 0.29) is 29.5 Å². The number of carbonyl (C=O) groups excluding carboxylic acids is 1. The molecule has 2 aromatic rings. The number of nitrogens with one attached hydrogen (secondary N) is 1. The third-order valence-corrected chi connectivity index (χ3v) is 7.85. The number of hydrogen-bond donors (Lipinski definition) is 1. The van der Waals surface area contributed by atoms with E-state index < -0.39 is 25.8 Å². The number of carbonyl (C=O) groups is 1. The predicted molar refractivity (Wildman–Crippen MR) is 114 cm³/mol. The first-order chi connectivity index (χ1) is 14.6. The zero-order chi connectivity index (χ0) is 22.6. The van der Waals surface area contributed by atoms with Crippen LogP contribution in [0.5, 0.6) is 5.75 Å². The lowest BCUT2D eigenvalue weighted by atomic mass is 10.2. The van der Waals surface area contributed by atoms with Crippen LogP contribution in [0.4, 0.5) is 5.69 Å². The molecule has 1 amide bonds. The Morgan fingerprint density at radius 2 is 1.71 bits per heavy atom. The molecule has 31 heavy (non-hydrogen) atoms.